The third-order valence-electron chi connectivity index (χ3n) is 6.37. The van der Waals surface area contributed by atoms with Crippen molar-refractivity contribution >= 4 is 23.5 Å². The van der Waals surface area contributed by atoms with Crippen molar-refractivity contribution in [1.82, 2.24) is 9.88 Å². The molecular formula is C24H35N3O6. The molecule has 4 heterocycles. The lowest BCUT2D eigenvalue weighted by atomic mass is 9.71. The first-order valence-electron chi connectivity index (χ1n) is 11.4. The Morgan fingerprint density at radius 3 is 2.70 bits per heavy atom. The van der Waals surface area contributed by atoms with Crippen molar-refractivity contribution < 1.29 is 28.6 Å². The highest BCUT2D eigenvalue weighted by Crippen LogP contribution is 2.40. The molecule has 9 nitrogen and oxygen atoms in total. The van der Waals surface area contributed by atoms with Crippen LogP contribution in [0.2, 0.25) is 0 Å². The molecule has 4 atom stereocenters. The Labute approximate surface area is 195 Å². The second-order valence-corrected chi connectivity index (χ2v) is 9.94. The molecule has 0 spiro atoms. The number of methoxy groups -OCH3 is 1. The van der Waals surface area contributed by atoms with Crippen molar-refractivity contribution in [2.75, 3.05) is 38.7 Å². The van der Waals surface area contributed by atoms with Crippen molar-refractivity contribution in [3.8, 4) is 0 Å². The normalized spacial score (nSPS) is 26.7. The van der Waals surface area contributed by atoms with Crippen LogP contribution in [0.3, 0.4) is 0 Å². The largest absolute Gasteiger partial charge is 0.462 e. The number of hydrogen-bond acceptors (Lipinski definition) is 9. The fraction of sp³-hybridized carbons (Fsp3) is 0.667. The number of carbonyl (C=O) groups is 3. The van der Waals surface area contributed by atoms with Crippen LogP contribution in [-0.2, 0) is 35.2 Å². The van der Waals surface area contributed by atoms with Gasteiger partial charge in [0.25, 0.3) is 0 Å². The molecule has 3 aliphatic heterocycles. The summed E-state index contributed by atoms with van der Waals surface area (Å²) in [4.78, 5) is 44.1. The average molecular weight is 462 g/mol. The zero-order valence-corrected chi connectivity index (χ0v) is 20.2. The van der Waals surface area contributed by atoms with Crippen molar-refractivity contribution in [1.29, 1.82) is 0 Å². The van der Waals surface area contributed by atoms with Gasteiger partial charge in [-0.2, -0.15) is 0 Å². The molecule has 3 aliphatic rings. The summed E-state index contributed by atoms with van der Waals surface area (Å²) in [6.07, 6.45) is 3.26. The van der Waals surface area contributed by atoms with Gasteiger partial charge in [0.05, 0.1) is 12.0 Å². The number of rotatable bonds is 9. The number of nitrogens with zero attached hydrogens (tertiary/aromatic N) is 2. The molecule has 1 N–H and O–H groups in total. The Morgan fingerprint density at radius 2 is 2.03 bits per heavy atom. The van der Waals surface area contributed by atoms with Crippen LogP contribution < -0.4 is 5.32 Å². The van der Waals surface area contributed by atoms with Gasteiger partial charge in [-0.1, -0.05) is 6.07 Å². The number of ketones is 1. The van der Waals surface area contributed by atoms with E-state index in [1.54, 1.807) is 46.2 Å². The van der Waals surface area contributed by atoms with E-state index in [1.807, 2.05) is 0 Å². The molecule has 2 bridgehead atoms. The van der Waals surface area contributed by atoms with Crippen molar-refractivity contribution in [3.63, 3.8) is 0 Å². The highest BCUT2D eigenvalue weighted by molar-refractivity contribution is 5.93. The maximum atomic E-state index is 13.1. The summed E-state index contributed by atoms with van der Waals surface area (Å²) in [5, 5.41) is 2.95. The molecule has 0 radical (unpaired) electrons. The van der Waals surface area contributed by atoms with E-state index in [0.717, 1.165) is 19.4 Å². The second-order valence-electron chi connectivity index (χ2n) is 9.94. The smallest absolute Gasteiger partial charge is 0.325 e. The molecule has 182 valence electrons. The van der Waals surface area contributed by atoms with Crippen molar-refractivity contribution in [2.45, 2.75) is 58.7 Å². The minimum atomic E-state index is -0.928. The van der Waals surface area contributed by atoms with Gasteiger partial charge in [-0.05, 0) is 46.6 Å². The standard InChI is InChI=1S/C24H35N3O6/c1-16-11-17-8-10-27(16)24(14-31-5,20(17)29)15-33-19(28)12-26-21-18(7-6-9-25-21)13-32-22(30)23(2,3)4/h6-7,9,16-17H,8,10-15H2,1-5H3,(H,25,26). The van der Waals surface area contributed by atoms with E-state index in [-0.39, 0.29) is 50.1 Å². The number of carbonyl (C=O) groups excluding carboxylic acids is 3. The van der Waals surface area contributed by atoms with Gasteiger partial charge in [-0.25, -0.2) is 4.98 Å². The first kappa shape index (κ1) is 25.1. The van der Waals surface area contributed by atoms with Gasteiger partial charge in [0.2, 0.25) is 0 Å². The number of fused-ring (bicyclic) bond motifs is 3. The van der Waals surface area contributed by atoms with Gasteiger partial charge in [-0.15, -0.1) is 0 Å². The monoisotopic (exact) mass is 461 g/mol. The minimum Gasteiger partial charge on any atom is -0.462 e. The van der Waals surface area contributed by atoms with Crippen LogP contribution in [0.4, 0.5) is 5.82 Å². The Hall–Kier alpha value is -2.52. The first-order chi connectivity index (χ1) is 15.6. The summed E-state index contributed by atoms with van der Waals surface area (Å²) in [7, 11) is 1.56. The molecule has 0 aromatic carbocycles. The maximum Gasteiger partial charge on any atom is 0.325 e. The van der Waals surface area contributed by atoms with E-state index in [2.05, 4.69) is 22.1 Å². The average Bonchev–Trinajstić information content (AvgIpc) is 2.77. The topological polar surface area (TPSA) is 107 Å². The molecule has 33 heavy (non-hydrogen) atoms. The Kier molecular flexibility index (Phi) is 7.74. The lowest BCUT2D eigenvalue weighted by Gasteiger charge is -2.55. The Bertz CT molecular complexity index is 883. The number of nitrogens with one attached hydrogen (secondary N) is 1. The highest BCUT2D eigenvalue weighted by Gasteiger charge is 2.56. The van der Waals surface area contributed by atoms with E-state index < -0.39 is 16.9 Å². The number of anilines is 1. The fourth-order valence-electron chi connectivity index (χ4n) is 4.64. The molecule has 1 aromatic heterocycles. The van der Waals surface area contributed by atoms with E-state index in [4.69, 9.17) is 14.2 Å². The maximum absolute atomic E-state index is 13.1. The summed E-state index contributed by atoms with van der Waals surface area (Å²) in [6, 6.07) is 3.74. The summed E-state index contributed by atoms with van der Waals surface area (Å²) >= 11 is 0. The first-order valence-corrected chi connectivity index (χ1v) is 11.4. The molecule has 9 heteroatoms. The van der Waals surface area contributed by atoms with Crippen LogP contribution in [0.15, 0.2) is 18.3 Å². The summed E-state index contributed by atoms with van der Waals surface area (Å²) in [5.41, 5.74) is -0.887. The predicted octanol–water partition coefficient (Wildman–Crippen LogP) is 2.19. The summed E-state index contributed by atoms with van der Waals surface area (Å²) in [5.74, 6) is -0.299. The van der Waals surface area contributed by atoms with Crippen LogP contribution in [0.1, 0.15) is 46.1 Å². The van der Waals surface area contributed by atoms with Crippen LogP contribution in [0, 0.1) is 11.3 Å². The molecule has 4 unspecified atom stereocenters. The minimum absolute atomic E-state index is 0.0103. The van der Waals surface area contributed by atoms with Gasteiger partial charge < -0.3 is 19.5 Å². The van der Waals surface area contributed by atoms with Gasteiger partial charge in [0.15, 0.2) is 5.78 Å². The van der Waals surface area contributed by atoms with Crippen molar-refractivity contribution in [2.24, 2.45) is 11.3 Å². The van der Waals surface area contributed by atoms with Crippen LogP contribution in [0.5, 0.6) is 0 Å². The van der Waals surface area contributed by atoms with Crippen molar-refractivity contribution in [3.05, 3.63) is 23.9 Å². The van der Waals surface area contributed by atoms with E-state index in [1.165, 1.54) is 0 Å². The zero-order chi connectivity index (χ0) is 24.2. The van der Waals surface area contributed by atoms with E-state index in [9.17, 15) is 14.4 Å². The third kappa shape index (κ3) is 5.52. The van der Waals surface area contributed by atoms with Gasteiger partial charge >= 0.3 is 11.9 Å². The quantitative estimate of drug-likeness (QED) is 0.554. The van der Waals surface area contributed by atoms with Crippen LogP contribution in [0.25, 0.3) is 0 Å². The summed E-state index contributed by atoms with van der Waals surface area (Å²) in [6.45, 7) is 8.30. The molecule has 0 aliphatic carbocycles. The van der Waals surface area contributed by atoms with Crippen LogP contribution in [-0.4, -0.2) is 72.6 Å². The molecule has 3 fully saturated rings. The lowest BCUT2D eigenvalue weighted by molar-refractivity contribution is -0.172. The third-order valence-corrected chi connectivity index (χ3v) is 6.37. The number of Topliss-reactive ketones (excluding diaryl/α,β-unsaturated/α-hetero) is 1. The highest BCUT2D eigenvalue weighted by atomic mass is 16.5. The number of aromatic nitrogens is 1. The molecule has 3 saturated heterocycles. The number of pyridine rings is 1. The SMILES string of the molecule is COCC1(COC(=O)CNc2ncccc2COC(=O)C(C)(C)C)C(=O)C2CCN1C(C)C2. The number of ether oxygens (including phenoxy) is 3. The number of hydrogen-bond donors (Lipinski definition) is 1. The molecule has 4 rings (SSSR count). The van der Waals surface area contributed by atoms with E-state index >= 15 is 0 Å². The molecule has 0 saturated carbocycles. The Morgan fingerprint density at radius 1 is 1.27 bits per heavy atom. The predicted molar refractivity (Wildman–Crippen MR) is 121 cm³/mol. The Balaban J connectivity index is 1.58. The number of piperidine rings is 3. The van der Waals surface area contributed by atoms with Gasteiger partial charge in [0, 0.05) is 37.4 Å². The zero-order valence-electron chi connectivity index (χ0n) is 20.2. The number of esters is 2. The molecule has 1 aromatic rings. The summed E-state index contributed by atoms with van der Waals surface area (Å²) < 4.78 is 16.3. The fourth-order valence-corrected chi connectivity index (χ4v) is 4.64. The lowest BCUT2D eigenvalue weighted by Crippen LogP contribution is -2.71. The molecule has 0 amide bonds. The van der Waals surface area contributed by atoms with Gasteiger partial charge in [0.1, 0.15) is 31.1 Å². The van der Waals surface area contributed by atoms with E-state index in [0.29, 0.717) is 11.4 Å². The molecular weight excluding hydrogens is 426 g/mol. The second kappa shape index (κ2) is 10.2. The van der Waals surface area contributed by atoms with Gasteiger partial charge in [-0.3, -0.25) is 19.3 Å². The van der Waals surface area contributed by atoms with Crippen LogP contribution >= 0.6 is 0 Å².